The van der Waals surface area contributed by atoms with Crippen molar-refractivity contribution in [2.75, 3.05) is 6.54 Å². The van der Waals surface area contributed by atoms with Gasteiger partial charge in [-0.3, -0.25) is 10.1 Å². The number of piperidine rings is 1. The third-order valence-electron chi connectivity index (χ3n) is 4.85. The Labute approximate surface area is 149 Å². The Kier molecular flexibility index (Phi) is 5.43. The van der Waals surface area contributed by atoms with Gasteiger partial charge < -0.3 is 4.90 Å². The molecule has 0 spiro atoms. The fourth-order valence-corrected chi connectivity index (χ4v) is 3.38. The van der Waals surface area contributed by atoms with Gasteiger partial charge in [-0.25, -0.2) is 9.97 Å². The van der Waals surface area contributed by atoms with E-state index in [-0.39, 0.29) is 24.0 Å². The monoisotopic (exact) mass is 338 g/mol. The molecule has 25 heavy (non-hydrogen) atoms. The molecule has 1 amide bonds. The summed E-state index contributed by atoms with van der Waals surface area (Å²) in [5, 5.41) is 3.51. The van der Waals surface area contributed by atoms with E-state index in [9.17, 15) is 4.79 Å². The fourth-order valence-electron chi connectivity index (χ4n) is 3.38. The highest BCUT2D eigenvalue weighted by molar-refractivity contribution is 5.83. The standard InChI is InChI=1S/C20H26N4O/c1-14(2)24-10-4-5-19(20(24)25)23-15(3)16-6-8-17(9-7-16)18-11-21-13-22-12-18/h6-9,11-15,19,23H,4-5,10H2,1-3H3/t15-,19-/m1/s1. The molecule has 0 aliphatic carbocycles. The predicted octanol–water partition coefficient (Wildman–Crippen LogP) is 3.19. The molecule has 132 valence electrons. The summed E-state index contributed by atoms with van der Waals surface area (Å²) in [5.74, 6) is 0.228. The number of nitrogens with zero attached hydrogens (tertiary/aromatic N) is 3. The van der Waals surface area contributed by atoms with Crippen LogP contribution in [-0.2, 0) is 4.79 Å². The van der Waals surface area contributed by atoms with E-state index in [1.807, 2.05) is 17.3 Å². The van der Waals surface area contributed by atoms with Crippen LogP contribution in [0.3, 0.4) is 0 Å². The van der Waals surface area contributed by atoms with E-state index < -0.39 is 0 Å². The van der Waals surface area contributed by atoms with Gasteiger partial charge >= 0.3 is 0 Å². The molecule has 2 atom stereocenters. The number of hydrogen-bond donors (Lipinski definition) is 1. The maximum Gasteiger partial charge on any atom is 0.239 e. The highest BCUT2D eigenvalue weighted by Gasteiger charge is 2.30. The summed E-state index contributed by atoms with van der Waals surface area (Å²) in [6.07, 6.45) is 7.12. The number of likely N-dealkylation sites (tertiary alicyclic amines) is 1. The molecule has 1 fully saturated rings. The third-order valence-corrected chi connectivity index (χ3v) is 4.85. The van der Waals surface area contributed by atoms with Gasteiger partial charge in [-0.05, 0) is 44.7 Å². The molecular formula is C20H26N4O. The highest BCUT2D eigenvalue weighted by atomic mass is 16.2. The second-order valence-electron chi connectivity index (χ2n) is 6.96. The molecule has 5 nitrogen and oxygen atoms in total. The number of rotatable bonds is 5. The van der Waals surface area contributed by atoms with Crippen LogP contribution in [-0.4, -0.2) is 39.4 Å². The van der Waals surface area contributed by atoms with Gasteiger partial charge in [0.1, 0.15) is 6.33 Å². The summed E-state index contributed by atoms with van der Waals surface area (Å²) in [5.41, 5.74) is 3.27. The van der Waals surface area contributed by atoms with Gasteiger partial charge in [-0.15, -0.1) is 0 Å². The first-order chi connectivity index (χ1) is 12.1. The normalized spacial score (nSPS) is 19.3. The van der Waals surface area contributed by atoms with Gasteiger partial charge in [0.05, 0.1) is 6.04 Å². The molecule has 5 heteroatoms. The smallest absolute Gasteiger partial charge is 0.239 e. The first kappa shape index (κ1) is 17.5. The Hall–Kier alpha value is -2.27. The van der Waals surface area contributed by atoms with E-state index in [1.165, 1.54) is 11.9 Å². The van der Waals surface area contributed by atoms with Crippen molar-refractivity contribution in [3.63, 3.8) is 0 Å². The van der Waals surface area contributed by atoms with Gasteiger partial charge in [0, 0.05) is 36.6 Å². The van der Waals surface area contributed by atoms with E-state index in [0.717, 1.165) is 30.5 Å². The topological polar surface area (TPSA) is 58.1 Å². The van der Waals surface area contributed by atoms with Crippen LogP contribution in [0, 0.1) is 0 Å². The zero-order valence-electron chi connectivity index (χ0n) is 15.1. The lowest BCUT2D eigenvalue weighted by Crippen LogP contribution is -2.53. The molecular weight excluding hydrogens is 312 g/mol. The molecule has 0 bridgehead atoms. The maximum absolute atomic E-state index is 12.6. The quantitative estimate of drug-likeness (QED) is 0.909. The Morgan fingerprint density at radius 2 is 1.76 bits per heavy atom. The summed E-state index contributed by atoms with van der Waals surface area (Å²) in [7, 11) is 0. The van der Waals surface area contributed by atoms with Crippen molar-refractivity contribution in [1.82, 2.24) is 20.2 Å². The van der Waals surface area contributed by atoms with E-state index in [4.69, 9.17) is 0 Å². The maximum atomic E-state index is 12.6. The van der Waals surface area contributed by atoms with Crippen LogP contribution in [0.2, 0.25) is 0 Å². The van der Waals surface area contributed by atoms with Crippen LogP contribution in [0.1, 0.15) is 45.2 Å². The largest absolute Gasteiger partial charge is 0.339 e. The lowest BCUT2D eigenvalue weighted by molar-refractivity contribution is -0.138. The van der Waals surface area contributed by atoms with Crippen LogP contribution in [0.25, 0.3) is 11.1 Å². The molecule has 2 heterocycles. The van der Waals surface area contributed by atoms with Crippen molar-refractivity contribution in [2.24, 2.45) is 0 Å². The zero-order chi connectivity index (χ0) is 17.8. The SMILES string of the molecule is CC(C)N1CCC[C@@H](N[C@H](C)c2ccc(-c3cncnc3)cc2)C1=O. The first-order valence-corrected chi connectivity index (χ1v) is 8.98. The third kappa shape index (κ3) is 4.04. The van der Waals surface area contributed by atoms with Crippen molar-refractivity contribution in [2.45, 2.75) is 51.7 Å². The lowest BCUT2D eigenvalue weighted by Gasteiger charge is -2.36. The van der Waals surface area contributed by atoms with Crippen molar-refractivity contribution in [3.8, 4) is 11.1 Å². The lowest BCUT2D eigenvalue weighted by atomic mass is 9.99. The van der Waals surface area contributed by atoms with E-state index in [1.54, 1.807) is 0 Å². The van der Waals surface area contributed by atoms with E-state index in [2.05, 4.69) is 60.3 Å². The number of carbonyl (C=O) groups is 1. The second-order valence-corrected chi connectivity index (χ2v) is 6.96. The number of aromatic nitrogens is 2. The zero-order valence-corrected chi connectivity index (χ0v) is 15.1. The molecule has 1 N–H and O–H groups in total. The predicted molar refractivity (Wildman–Crippen MR) is 98.9 cm³/mol. The molecule has 1 aliphatic rings. The van der Waals surface area contributed by atoms with Gasteiger partial charge in [0.25, 0.3) is 0 Å². The van der Waals surface area contributed by atoms with Crippen molar-refractivity contribution in [3.05, 3.63) is 48.5 Å². The average Bonchev–Trinajstić information content (AvgIpc) is 2.64. The minimum atomic E-state index is -0.0895. The summed E-state index contributed by atoms with van der Waals surface area (Å²) in [6, 6.07) is 8.67. The van der Waals surface area contributed by atoms with Crippen LogP contribution < -0.4 is 5.32 Å². The molecule has 1 aromatic heterocycles. The highest BCUT2D eigenvalue weighted by Crippen LogP contribution is 2.22. The number of benzene rings is 1. The van der Waals surface area contributed by atoms with Crippen molar-refractivity contribution < 1.29 is 4.79 Å². The minimum absolute atomic E-state index is 0.0895. The number of hydrogen-bond acceptors (Lipinski definition) is 4. The van der Waals surface area contributed by atoms with Gasteiger partial charge in [0.2, 0.25) is 5.91 Å². The summed E-state index contributed by atoms with van der Waals surface area (Å²) in [6.45, 7) is 7.14. The van der Waals surface area contributed by atoms with Crippen molar-refractivity contribution in [1.29, 1.82) is 0 Å². The van der Waals surface area contributed by atoms with Gasteiger partial charge in [0.15, 0.2) is 0 Å². The average molecular weight is 338 g/mol. The number of amides is 1. The summed E-state index contributed by atoms with van der Waals surface area (Å²) >= 11 is 0. The molecule has 1 aliphatic heterocycles. The van der Waals surface area contributed by atoms with Crippen LogP contribution >= 0.6 is 0 Å². The van der Waals surface area contributed by atoms with E-state index in [0.29, 0.717) is 0 Å². The van der Waals surface area contributed by atoms with Crippen LogP contribution in [0.5, 0.6) is 0 Å². The number of nitrogens with one attached hydrogen (secondary N) is 1. The van der Waals surface area contributed by atoms with Gasteiger partial charge in [-0.2, -0.15) is 0 Å². The number of carbonyl (C=O) groups excluding carboxylic acids is 1. The Balaban J connectivity index is 1.67. The molecule has 0 unspecified atom stereocenters. The van der Waals surface area contributed by atoms with Crippen molar-refractivity contribution >= 4 is 5.91 Å². The summed E-state index contributed by atoms with van der Waals surface area (Å²) < 4.78 is 0. The molecule has 0 saturated carbocycles. The van der Waals surface area contributed by atoms with Crippen LogP contribution in [0.15, 0.2) is 43.0 Å². The Morgan fingerprint density at radius 3 is 2.40 bits per heavy atom. The molecule has 2 aromatic rings. The molecule has 0 radical (unpaired) electrons. The van der Waals surface area contributed by atoms with E-state index >= 15 is 0 Å². The second kappa shape index (κ2) is 7.74. The first-order valence-electron chi connectivity index (χ1n) is 8.98. The molecule has 3 rings (SSSR count). The minimum Gasteiger partial charge on any atom is -0.339 e. The molecule has 1 saturated heterocycles. The van der Waals surface area contributed by atoms with Crippen LogP contribution in [0.4, 0.5) is 0 Å². The summed E-state index contributed by atoms with van der Waals surface area (Å²) in [4.78, 5) is 22.7. The van der Waals surface area contributed by atoms with Gasteiger partial charge in [-0.1, -0.05) is 24.3 Å². The Morgan fingerprint density at radius 1 is 1.08 bits per heavy atom. The Bertz CT molecular complexity index is 699. The molecule has 1 aromatic carbocycles. The fraction of sp³-hybridized carbons (Fsp3) is 0.450.